The summed E-state index contributed by atoms with van der Waals surface area (Å²) >= 11 is 1.61. The van der Waals surface area contributed by atoms with Crippen molar-refractivity contribution in [3.63, 3.8) is 0 Å². The Morgan fingerprint density at radius 1 is 1.19 bits per heavy atom. The lowest BCUT2D eigenvalue weighted by molar-refractivity contribution is -0.158. The molecule has 6 aliphatic rings. The summed E-state index contributed by atoms with van der Waals surface area (Å²) in [5, 5.41) is 0.785. The van der Waals surface area contributed by atoms with Gasteiger partial charge in [-0.05, 0) is 81.1 Å². The summed E-state index contributed by atoms with van der Waals surface area (Å²) in [6, 6.07) is 0. The van der Waals surface area contributed by atoms with Crippen LogP contribution < -0.4 is 5.56 Å². The molecule has 0 N–H and O–H groups in total. The van der Waals surface area contributed by atoms with E-state index in [0.29, 0.717) is 19.0 Å². The zero-order chi connectivity index (χ0) is 21.4. The average Bonchev–Trinajstić information content (AvgIpc) is 3.41. The molecule has 0 spiro atoms. The molecule has 32 heavy (non-hydrogen) atoms. The number of ether oxygens (including phenoxy) is 1. The molecule has 4 heterocycles. The lowest BCUT2D eigenvalue weighted by Crippen LogP contribution is -2.55. The van der Waals surface area contributed by atoms with E-state index in [1.807, 2.05) is 0 Å². The van der Waals surface area contributed by atoms with Gasteiger partial charge < -0.3 is 9.64 Å². The molecule has 1 amide bonds. The Kier molecular flexibility index (Phi) is 4.39. The van der Waals surface area contributed by atoms with E-state index in [0.717, 1.165) is 85.2 Å². The van der Waals surface area contributed by atoms with Gasteiger partial charge in [-0.1, -0.05) is 0 Å². The fourth-order valence-corrected chi connectivity index (χ4v) is 9.23. The van der Waals surface area contributed by atoms with Crippen molar-refractivity contribution in [3.05, 3.63) is 27.1 Å². The topological polar surface area (TPSA) is 64.4 Å². The number of aromatic nitrogens is 2. The molecule has 0 aromatic carbocycles. The number of carbonyl (C=O) groups is 1. The Morgan fingerprint density at radius 2 is 1.94 bits per heavy atom. The summed E-state index contributed by atoms with van der Waals surface area (Å²) in [6.45, 7) is 2.77. The van der Waals surface area contributed by atoms with Crippen molar-refractivity contribution in [2.24, 2.45) is 23.2 Å². The highest BCUT2D eigenvalue weighted by atomic mass is 32.1. The van der Waals surface area contributed by atoms with Crippen LogP contribution in [-0.2, 0) is 29.0 Å². The highest BCUT2D eigenvalue weighted by Crippen LogP contribution is 2.60. The lowest BCUT2D eigenvalue weighted by Gasteiger charge is -2.56. The molecule has 1 saturated heterocycles. The van der Waals surface area contributed by atoms with E-state index in [9.17, 15) is 9.59 Å². The van der Waals surface area contributed by atoms with Crippen molar-refractivity contribution >= 4 is 27.5 Å². The first-order chi connectivity index (χ1) is 15.6. The second-order valence-electron chi connectivity index (χ2n) is 11.2. The van der Waals surface area contributed by atoms with Crippen LogP contribution >= 0.6 is 11.3 Å². The second kappa shape index (κ2) is 7.13. The summed E-state index contributed by atoms with van der Waals surface area (Å²) in [5.74, 6) is 2.74. The second-order valence-corrected chi connectivity index (χ2v) is 12.3. The number of hydrogen-bond donors (Lipinski definition) is 0. The molecular weight excluding hydrogens is 422 g/mol. The van der Waals surface area contributed by atoms with Gasteiger partial charge in [-0.2, -0.15) is 0 Å². The molecule has 2 aromatic rings. The molecule has 0 radical (unpaired) electrons. The number of rotatable bonds is 3. The van der Waals surface area contributed by atoms with E-state index in [2.05, 4.69) is 9.88 Å². The Balaban J connectivity index is 1.17. The maximum atomic E-state index is 13.8. The molecule has 6 nitrogen and oxygen atoms in total. The van der Waals surface area contributed by atoms with Gasteiger partial charge in [-0.25, -0.2) is 4.98 Å². The molecule has 5 fully saturated rings. The molecular formula is C25H31N3O3S. The van der Waals surface area contributed by atoms with Crippen LogP contribution in [0.1, 0.15) is 61.8 Å². The van der Waals surface area contributed by atoms with Crippen LogP contribution in [0.15, 0.2) is 11.1 Å². The zero-order valence-electron chi connectivity index (χ0n) is 18.6. The van der Waals surface area contributed by atoms with Crippen LogP contribution in [0, 0.1) is 23.2 Å². The third-order valence-electron chi connectivity index (χ3n) is 9.03. The van der Waals surface area contributed by atoms with Crippen molar-refractivity contribution in [1.29, 1.82) is 0 Å². The van der Waals surface area contributed by atoms with Crippen LogP contribution in [0.25, 0.3) is 10.2 Å². The third-order valence-corrected chi connectivity index (χ3v) is 10.2. The Hall–Kier alpha value is -1.73. The Bertz CT molecular complexity index is 1110. The van der Waals surface area contributed by atoms with Crippen LogP contribution in [0.4, 0.5) is 0 Å². The van der Waals surface area contributed by atoms with Gasteiger partial charge in [0.15, 0.2) is 0 Å². The normalized spacial score (nSPS) is 35.6. The number of carbonyl (C=O) groups excluding carboxylic acids is 1. The molecule has 1 atom stereocenters. The first kappa shape index (κ1) is 19.7. The van der Waals surface area contributed by atoms with E-state index in [-0.39, 0.29) is 17.1 Å². The molecule has 8 rings (SSSR count). The molecule has 4 aliphatic carbocycles. The SMILES string of the molecule is O=C(N1CCc2c(sc3ncn(CC4CCCO4)c(=O)c23)C1)C12CC3CC(CC(C3)C1)C2. The molecule has 7 heteroatoms. The van der Waals surface area contributed by atoms with Gasteiger partial charge in [0.2, 0.25) is 5.91 Å². The minimum absolute atomic E-state index is 0.0591. The van der Waals surface area contributed by atoms with Crippen LogP contribution in [-0.4, -0.2) is 39.6 Å². The fourth-order valence-electron chi connectivity index (χ4n) is 8.04. The number of fused-ring (bicyclic) bond motifs is 3. The number of thiophene rings is 1. The Morgan fingerprint density at radius 3 is 2.62 bits per heavy atom. The van der Waals surface area contributed by atoms with Gasteiger partial charge in [0.05, 0.1) is 36.3 Å². The van der Waals surface area contributed by atoms with Gasteiger partial charge >= 0.3 is 0 Å². The van der Waals surface area contributed by atoms with E-state index >= 15 is 0 Å². The third kappa shape index (κ3) is 2.96. The minimum Gasteiger partial charge on any atom is -0.376 e. The van der Waals surface area contributed by atoms with E-state index < -0.39 is 0 Å². The van der Waals surface area contributed by atoms with Gasteiger partial charge in [-0.3, -0.25) is 14.2 Å². The standard InChI is InChI=1S/C25H31N3O3S/c29-23-21-19-3-4-27(24(30)25-9-15-6-16(10-25)8-17(7-15)11-25)13-20(19)32-22(21)26-14-28(23)12-18-2-1-5-31-18/h14-18H,1-13H2. The smallest absolute Gasteiger partial charge is 0.262 e. The maximum absolute atomic E-state index is 13.8. The Labute approximate surface area is 192 Å². The number of nitrogens with zero attached hydrogens (tertiary/aromatic N) is 3. The minimum atomic E-state index is -0.0881. The van der Waals surface area contributed by atoms with Gasteiger partial charge in [-0.15, -0.1) is 11.3 Å². The average molecular weight is 454 g/mol. The van der Waals surface area contributed by atoms with E-state index in [1.54, 1.807) is 22.2 Å². The highest BCUT2D eigenvalue weighted by molar-refractivity contribution is 7.18. The fraction of sp³-hybridized carbons (Fsp3) is 0.720. The van der Waals surface area contributed by atoms with Crippen molar-refractivity contribution in [3.8, 4) is 0 Å². The predicted octanol–water partition coefficient (Wildman–Crippen LogP) is 3.74. The van der Waals surface area contributed by atoms with Gasteiger partial charge in [0.1, 0.15) is 4.83 Å². The quantitative estimate of drug-likeness (QED) is 0.710. The summed E-state index contributed by atoms with van der Waals surface area (Å²) in [4.78, 5) is 35.9. The van der Waals surface area contributed by atoms with Gasteiger partial charge in [0.25, 0.3) is 5.56 Å². The maximum Gasteiger partial charge on any atom is 0.262 e. The molecule has 2 aromatic heterocycles. The molecule has 4 bridgehead atoms. The van der Waals surface area contributed by atoms with Crippen molar-refractivity contribution in [2.45, 2.75) is 77.0 Å². The lowest BCUT2D eigenvalue weighted by atomic mass is 9.49. The summed E-state index contributed by atoms with van der Waals surface area (Å²) in [5.41, 5.74) is 1.11. The van der Waals surface area contributed by atoms with Crippen LogP contribution in [0.3, 0.4) is 0 Å². The van der Waals surface area contributed by atoms with E-state index in [4.69, 9.17) is 4.74 Å². The summed E-state index contributed by atoms with van der Waals surface area (Å²) in [7, 11) is 0. The molecule has 4 saturated carbocycles. The molecule has 2 aliphatic heterocycles. The highest BCUT2D eigenvalue weighted by Gasteiger charge is 2.55. The van der Waals surface area contributed by atoms with E-state index in [1.165, 1.54) is 24.1 Å². The molecule has 1 unspecified atom stereocenters. The summed E-state index contributed by atoms with van der Waals surface area (Å²) < 4.78 is 7.46. The molecule has 170 valence electrons. The van der Waals surface area contributed by atoms with Crippen LogP contribution in [0.2, 0.25) is 0 Å². The predicted molar refractivity (Wildman–Crippen MR) is 123 cm³/mol. The van der Waals surface area contributed by atoms with Crippen molar-refractivity contribution < 1.29 is 9.53 Å². The number of hydrogen-bond acceptors (Lipinski definition) is 5. The zero-order valence-corrected chi connectivity index (χ0v) is 19.4. The first-order valence-electron chi connectivity index (χ1n) is 12.5. The monoisotopic (exact) mass is 453 g/mol. The van der Waals surface area contributed by atoms with Crippen molar-refractivity contribution in [2.75, 3.05) is 13.2 Å². The van der Waals surface area contributed by atoms with Gasteiger partial charge in [0, 0.05) is 18.0 Å². The summed E-state index contributed by atoms with van der Waals surface area (Å²) in [6.07, 6.45) is 12.1. The first-order valence-corrected chi connectivity index (χ1v) is 13.3. The number of amides is 1. The van der Waals surface area contributed by atoms with Crippen molar-refractivity contribution in [1.82, 2.24) is 14.5 Å². The van der Waals surface area contributed by atoms with Crippen LogP contribution in [0.5, 0.6) is 0 Å². The largest absolute Gasteiger partial charge is 0.376 e.